The molecule has 1 aliphatic heterocycles. The summed E-state index contributed by atoms with van der Waals surface area (Å²) in [6.45, 7) is 0.306. The predicted molar refractivity (Wildman–Crippen MR) is 57.9 cm³/mol. The van der Waals surface area contributed by atoms with Crippen molar-refractivity contribution in [3.8, 4) is 0 Å². The molecule has 0 saturated carbocycles. The van der Waals surface area contributed by atoms with Crippen molar-refractivity contribution >= 4 is 18.1 Å². The molecule has 1 saturated heterocycles. The van der Waals surface area contributed by atoms with Crippen molar-refractivity contribution in [1.29, 1.82) is 0 Å². The van der Waals surface area contributed by atoms with Gasteiger partial charge in [0.25, 0.3) is 0 Å². The maximum absolute atomic E-state index is 11.7. The van der Waals surface area contributed by atoms with Crippen LogP contribution in [0.15, 0.2) is 0 Å². The molecule has 1 unspecified atom stereocenters. The van der Waals surface area contributed by atoms with E-state index in [2.05, 4.69) is 5.32 Å². The number of carbonyl (C=O) groups excluding carboxylic acids is 3. The molecule has 1 heterocycles. The van der Waals surface area contributed by atoms with Crippen molar-refractivity contribution in [2.45, 2.75) is 31.7 Å². The van der Waals surface area contributed by atoms with E-state index in [1.165, 1.54) is 0 Å². The molecule has 1 N–H and O–H groups in total. The van der Waals surface area contributed by atoms with Crippen molar-refractivity contribution < 1.29 is 70.9 Å². The van der Waals surface area contributed by atoms with E-state index in [4.69, 9.17) is 0 Å². The molecule has 1 rings (SSSR count). The molecule has 6 nitrogen and oxygen atoms in total. The van der Waals surface area contributed by atoms with Gasteiger partial charge >= 0.3 is 51.4 Å². The van der Waals surface area contributed by atoms with Gasteiger partial charge in [0.2, 0.25) is 11.8 Å². The average Bonchev–Trinajstić information content (AvgIpc) is 2.36. The van der Waals surface area contributed by atoms with Gasteiger partial charge in [0, 0.05) is 32.0 Å². The molecule has 18 heavy (non-hydrogen) atoms. The van der Waals surface area contributed by atoms with Gasteiger partial charge in [-0.15, -0.1) is 0 Å². The first kappa shape index (κ1) is 18.2. The molecular formula is C11H17KN2O4. The van der Waals surface area contributed by atoms with Crippen molar-refractivity contribution in [3.05, 3.63) is 0 Å². The predicted octanol–water partition coefficient (Wildman–Crippen LogP) is -4.56. The maximum atomic E-state index is 11.7. The molecule has 0 spiro atoms. The Morgan fingerprint density at radius 1 is 1.44 bits per heavy atom. The summed E-state index contributed by atoms with van der Waals surface area (Å²) in [6, 6.07) is -0.134. The van der Waals surface area contributed by atoms with Gasteiger partial charge in [-0.25, -0.2) is 0 Å². The molecule has 0 aromatic carbocycles. The Balaban J connectivity index is 0.00000289. The summed E-state index contributed by atoms with van der Waals surface area (Å²) >= 11 is 0. The summed E-state index contributed by atoms with van der Waals surface area (Å²) in [6.07, 6.45) is 2.75. The molecule has 1 aliphatic rings. The third kappa shape index (κ3) is 6.40. The van der Waals surface area contributed by atoms with Gasteiger partial charge in [-0.2, -0.15) is 0 Å². The van der Waals surface area contributed by atoms with Gasteiger partial charge in [0.15, 0.2) is 0 Å². The quantitative estimate of drug-likeness (QED) is 0.406. The van der Waals surface area contributed by atoms with Gasteiger partial charge in [0.1, 0.15) is 6.29 Å². The van der Waals surface area contributed by atoms with Crippen molar-refractivity contribution in [2.75, 3.05) is 19.7 Å². The summed E-state index contributed by atoms with van der Waals surface area (Å²) in [5, 5.41) is 12.9. The van der Waals surface area contributed by atoms with Crippen LogP contribution in [0.2, 0.25) is 0 Å². The van der Waals surface area contributed by atoms with E-state index < -0.39 is 12.5 Å². The van der Waals surface area contributed by atoms with E-state index >= 15 is 0 Å². The van der Waals surface area contributed by atoms with Crippen LogP contribution in [0, 0.1) is 0 Å². The molecular weight excluding hydrogens is 263 g/mol. The fourth-order valence-electron chi connectivity index (χ4n) is 1.93. The number of amides is 2. The van der Waals surface area contributed by atoms with Gasteiger partial charge in [-0.05, 0) is 12.8 Å². The van der Waals surface area contributed by atoms with E-state index in [0.717, 1.165) is 19.1 Å². The maximum Gasteiger partial charge on any atom is 1.00 e. The monoisotopic (exact) mass is 280 g/mol. The van der Waals surface area contributed by atoms with Crippen LogP contribution in [-0.4, -0.2) is 48.7 Å². The summed E-state index contributed by atoms with van der Waals surface area (Å²) in [4.78, 5) is 34.4. The Kier molecular flexibility index (Phi) is 10.2. The Bertz CT molecular complexity index is 299. The fourth-order valence-corrected chi connectivity index (χ4v) is 1.93. The first-order chi connectivity index (χ1) is 8.17. The Hall–Kier alpha value is 0.206. The van der Waals surface area contributed by atoms with E-state index in [1.54, 1.807) is 4.90 Å². The minimum absolute atomic E-state index is 0. The van der Waals surface area contributed by atoms with Crippen molar-refractivity contribution in [3.63, 3.8) is 0 Å². The average molecular weight is 280 g/mol. The molecule has 0 aromatic rings. The second-order valence-electron chi connectivity index (χ2n) is 4.10. The first-order valence-electron chi connectivity index (χ1n) is 5.76. The molecule has 0 bridgehead atoms. The zero-order valence-corrected chi connectivity index (χ0v) is 13.8. The van der Waals surface area contributed by atoms with Crippen LogP contribution >= 0.6 is 0 Å². The van der Waals surface area contributed by atoms with Gasteiger partial charge in [0.05, 0.1) is 0 Å². The van der Waals surface area contributed by atoms with Crippen LogP contribution in [0.5, 0.6) is 0 Å². The van der Waals surface area contributed by atoms with Gasteiger partial charge < -0.3 is 20.1 Å². The van der Waals surface area contributed by atoms with Crippen LogP contribution in [0.3, 0.4) is 0 Å². The standard InChI is InChI=1S/C11H17N2O4.K/c14-6-2-4-11(17)13-5-1-3-9(7-13)12-10(16)8-15;/h6,9H,1-5,7-8H2,(H,12,16);/q-1;+1. The van der Waals surface area contributed by atoms with Gasteiger partial charge in [-0.3, -0.25) is 9.59 Å². The van der Waals surface area contributed by atoms with Crippen molar-refractivity contribution in [2.24, 2.45) is 0 Å². The normalized spacial score (nSPS) is 18.7. The number of rotatable bonds is 5. The number of carbonyl (C=O) groups is 3. The number of hydrogen-bond donors (Lipinski definition) is 1. The number of piperidine rings is 1. The smallest absolute Gasteiger partial charge is 0.848 e. The summed E-state index contributed by atoms with van der Waals surface area (Å²) < 4.78 is 0. The van der Waals surface area contributed by atoms with E-state index in [-0.39, 0.29) is 76.2 Å². The Labute approximate surface area is 149 Å². The summed E-state index contributed by atoms with van der Waals surface area (Å²) in [5.41, 5.74) is 0. The molecule has 1 atom stereocenters. The Morgan fingerprint density at radius 2 is 2.17 bits per heavy atom. The number of aldehydes is 1. The van der Waals surface area contributed by atoms with E-state index in [0.29, 0.717) is 13.1 Å². The van der Waals surface area contributed by atoms with E-state index in [1.807, 2.05) is 0 Å². The van der Waals surface area contributed by atoms with E-state index in [9.17, 15) is 19.5 Å². The second-order valence-corrected chi connectivity index (χ2v) is 4.10. The van der Waals surface area contributed by atoms with Crippen LogP contribution < -0.4 is 61.8 Å². The van der Waals surface area contributed by atoms with Crippen molar-refractivity contribution in [1.82, 2.24) is 10.2 Å². The van der Waals surface area contributed by atoms with Crippen LogP contribution in [0.4, 0.5) is 0 Å². The third-order valence-electron chi connectivity index (χ3n) is 2.75. The Morgan fingerprint density at radius 3 is 2.78 bits per heavy atom. The summed E-state index contributed by atoms with van der Waals surface area (Å²) in [5.74, 6) is -0.602. The number of nitrogens with zero attached hydrogens (tertiary/aromatic N) is 1. The first-order valence-corrected chi connectivity index (χ1v) is 5.76. The van der Waals surface area contributed by atoms with Crippen LogP contribution in [0.1, 0.15) is 25.7 Å². The van der Waals surface area contributed by atoms with Gasteiger partial charge in [-0.1, -0.05) is 6.61 Å². The minimum Gasteiger partial charge on any atom is -0.848 e. The minimum atomic E-state index is -0.782. The van der Waals surface area contributed by atoms with Crippen LogP contribution in [-0.2, 0) is 14.4 Å². The number of likely N-dealkylation sites (tertiary alicyclic amines) is 1. The molecule has 0 aliphatic carbocycles. The number of nitrogens with one attached hydrogen (secondary N) is 1. The zero-order chi connectivity index (χ0) is 12.7. The molecule has 2 amide bonds. The summed E-state index contributed by atoms with van der Waals surface area (Å²) in [7, 11) is 0. The number of hydrogen-bond acceptors (Lipinski definition) is 4. The zero-order valence-electron chi connectivity index (χ0n) is 10.7. The second kappa shape index (κ2) is 10.0. The molecule has 1 fully saturated rings. The molecule has 0 radical (unpaired) electrons. The fraction of sp³-hybridized carbons (Fsp3) is 0.727. The molecule has 96 valence electrons. The SMILES string of the molecule is O=CCCC(=O)N1CCCC(NC(=O)C[O-])C1.[K+]. The molecule has 7 heteroatoms. The molecule has 0 aromatic heterocycles. The third-order valence-corrected chi connectivity index (χ3v) is 2.75. The van der Waals surface area contributed by atoms with Crippen LogP contribution in [0.25, 0.3) is 0 Å². The topological polar surface area (TPSA) is 89.5 Å². The largest absolute Gasteiger partial charge is 1.00 e.